The van der Waals surface area contributed by atoms with Crippen LogP contribution >= 0.6 is 36.4 Å². The van der Waals surface area contributed by atoms with E-state index >= 15 is 0 Å². The quantitative estimate of drug-likeness (QED) is 0.349. The summed E-state index contributed by atoms with van der Waals surface area (Å²) in [6.07, 6.45) is 8.22. The first-order chi connectivity index (χ1) is 16.1. The molecule has 2 aliphatic heterocycles. The minimum Gasteiger partial charge on any atom is -0.362 e. The van der Waals surface area contributed by atoms with E-state index in [1.54, 1.807) is 0 Å². The van der Waals surface area contributed by atoms with Crippen LogP contribution in [0.3, 0.4) is 0 Å². The van der Waals surface area contributed by atoms with Crippen molar-refractivity contribution in [1.29, 1.82) is 0 Å². The molecule has 1 aromatic carbocycles. The summed E-state index contributed by atoms with van der Waals surface area (Å²) in [5, 5.41) is 4.14. The molecule has 2 aromatic heterocycles. The number of carbonyl (C=O) groups is 1. The van der Waals surface area contributed by atoms with Gasteiger partial charge in [-0.1, -0.05) is 54.3 Å². The zero-order valence-electron chi connectivity index (χ0n) is 19.2. The van der Waals surface area contributed by atoms with Gasteiger partial charge in [-0.2, -0.15) is 0 Å². The molecule has 5 nitrogen and oxygen atoms in total. The standard InChI is InChI=1S/C26H28N4OS2.ClH/c1-18-6-2-3-8-21(18)26(32)29-14-11-19(12-15-29)7-5-13-27-25(31)22-16-20-17-28-23-9-4-10-24(33-22)30(20)23;/h2-4,6,8-10,16-17,19H,5,7,11-15H2,1H3,(H,27,31);1H. The third-order valence-corrected chi connectivity index (χ3v) is 8.12. The molecule has 8 heteroatoms. The first-order valence-corrected chi connectivity index (χ1v) is 12.8. The smallest absolute Gasteiger partial charge is 0.258 e. The van der Waals surface area contributed by atoms with Gasteiger partial charge in [0.25, 0.3) is 5.91 Å². The number of rotatable bonds is 6. The second kappa shape index (κ2) is 10.9. The normalized spacial score (nSPS) is 15.6. The zero-order chi connectivity index (χ0) is 22.8. The SMILES string of the molecule is Cc1ccccc1C(=S)N1CCC(CCCNC(=O)C2=Cc3cnc4cccc(n34)S2)CC1.Cl. The summed E-state index contributed by atoms with van der Waals surface area (Å²) in [7, 11) is 0. The first kappa shape index (κ1) is 24.8. The minimum atomic E-state index is 0. The Morgan fingerprint density at radius 1 is 1.18 bits per heavy atom. The number of aromatic nitrogens is 2. The van der Waals surface area contributed by atoms with Crippen molar-refractivity contribution in [3.63, 3.8) is 0 Å². The predicted molar refractivity (Wildman–Crippen MR) is 146 cm³/mol. The van der Waals surface area contributed by atoms with Gasteiger partial charge in [-0.3, -0.25) is 9.20 Å². The van der Waals surface area contributed by atoms with Gasteiger partial charge >= 0.3 is 0 Å². The number of benzene rings is 1. The molecule has 34 heavy (non-hydrogen) atoms. The van der Waals surface area contributed by atoms with E-state index in [1.165, 1.54) is 22.9 Å². The number of thioether (sulfide) groups is 1. The number of pyridine rings is 1. The van der Waals surface area contributed by atoms with Crippen molar-refractivity contribution in [2.75, 3.05) is 19.6 Å². The summed E-state index contributed by atoms with van der Waals surface area (Å²) in [5.41, 5.74) is 4.30. The molecule has 5 rings (SSSR count). The van der Waals surface area contributed by atoms with Gasteiger partial charge in [-0.05, 0) is 62.3 Å². The van der Waals surface area contributed by atoms with E-state index in [4.69, 9.17) is 12.2 Å². The number of imidazole rings is 1. The van der Waals surface area contributed by atoms with E-state index in [0.717, 1.165) is 65.0 Å². The van der Waals surface area contributed by atoms with Crippen LogP contribution in [0.2, 0.25) is 0 Å². The van der Waals surface area contributed by atoms with E-state index in [-0.39, 0.29) is 18.3 Å². The Balaban J connectivity index is 0.00000274. The van der Waals surface area contributed by atoms with Gasteiger partial charge in [0.1, 0.15) is 10.6 Å². The topological polar surface area (TPSA) is 49.6 Å². The molecule has 1 saturated heterocycles. The number of thiocarbonyl (C=S) groups is 1. The Kier molecular flexibility index (Phi) is 7.96. The summed E-state index contributed by atoms with van der Waals surface area (Å²) >= 11 is 7.27. The lowest BCUT2D eigenvalue weighted by atomic mass is 9.92. The van der Waals surface area contributed by atoms with Crippen LogP contribution in [0.4, 0.5) is 0 Å². The van der Waals surface area contributed by atoms with Crippen LogP contribution < -0.4 is 5.32 Å². The maximum absolute atomic E-state index is 12.7. The predicted octanol–water partition coefficient (Wildman–Crippen LogP) is 5.50. The number of hydrogen-bond donors (Lipinski definition) is 1. The van der Waals surface area contributed by atoms with Gasteiger partial charge in [0, 0.05) is 25.2 Å². The second-order valence-electron chi connectivity index (χ2n) is 8.80. The van der Waals surface area contributed by atoms with Gasteiger partial charge in [0.05, 0.1) is 21.8 Å². The lowest BCUT2D eigenvalue weighted by Gasteiger charge is -2.34. The Morgan fingerprint density at radius 3 is 2.76 bits per heavy atom. The van der Waals surface area contributed by atoms with Gasteiger partial charge in [-0.15, -0.1) is 12.4 Å². The molecule has 1 amide bonds. The van der Waals surface area contributed by atoms with Crippen molar-refractivity contribution in [1.82, 2.24) is 19.6 Å². The zero-order valence-corrected chi connectivity index (χ0v) is 21.6. The van der Waals surface area contributed by atoms with Crippen LogP contribution in [0.25, 0.3) is 11.7 Å². The van der Waals surface area contributed by atoms with Crippen LogP contribution in [0, 0.1) is 12.8 Å². The largest absolute Gasteiger partial charge is 0.362 e. The summed E-state index contributed by atoms with van der Waals surface area (Å²) in [6, 6.07) is 14.4. The average Bonchev–Trinajstić information content (AvgIpc) is 3.26. The molecule has 0 aliphatic carbocycles. The van der Waals surface area contributed by atoms with E-state index < -0.39 is 0 Å². The maximum Gasteiger partial charge on any atom is 0.258 e. The molecular weight excluding hydrogens is 484 g/mol. The Labute approximate surface area is 216 Å². The monoisotopic (exact) mass is 512 g/mol. The Hall–Kier alpha value is -2.35. The molecule has 4 heterocycles. The minimum absolute atomic E-state index is 0. The van der Waals surface area contributed by atoms with E-state index in [9.17, 15) is 4.79 Å². The van der Waals surface area contributed by atoms with Crippen molar-refractivity contribution in [3.8, 4) is 0 Å². The van der Waals surface area contributed by atoms with E-state index in [2.05, 4.69) is 50.8 Å². The fourth-order valence-corrected chi connectivity index (χ4v) is 6.10. The molecule has 1 fully saturated rings. The molecule has 0 radical (unpaired) electrons. The van der Waals surface area contributed by atoms with Gasteiger partial charge in [0.15, 0.2) is 0 Å². The molecule has 0 unspecified atom stereocenters. The Bertz CT molecular complexity index is 1230. The third kappa shape index (κ3) is 5.16. The highest BCUT2D eigenvalue weighted by Crippen LogP contribution is 2.34. The third-order valence-electron chi connectivity index (χ3n) is 6.59. The highest BCUT2D eigenvalue weighted by atomic mass is 35.5. The molecule has 2 aliphatic rings. The number of nitrogens with one attached hydrogen (secondary N) is 1. The van der Waals surface area contributed by atoms with Crippen LogP contribution in [0.1, 0.15) is 42.5 Å². The molecule has 1 N–H and O–H groups in total. The second-order valence-corrected chi connectivity index (χ2v) is 10.2. The number of nitrogens with zero attached hydrogens (tertiary/aromatic N) is 3. The molecule has 0 saturated carbocycles. The summed E-state index contributed by atoms with van der Waals surface area (Å²) in [4.78, 5) is 21.2. The highest BCUT2D eigenvalue weighted by Gasteiger charge is 2.23. The summed E-state index contributed by atoms with van der Waals surface area (Å²) < 4.78 is 2.08. The van der Waals surface area contributed by atoms with Gasteiger partial charge in [-0.25, -0.2) is 4.98 Å². The van der Waals surface area contributed by atoms with E-state index in [1.807, 2.05) is 30.5 Å². The molecule has 0 atom stereocenters. The van der Waals surface area contributed by atoms with Crippen LogP contribution in [0.15, 0.2) is 58.6 Å². The average molecular weight is 513 g/mol. The van der Waals surface area contributed by atoms with Gasteiger partial charge in [0.2, 0.25) is 0 Å². The van der Waals surface area contributed by atoms with Crippen molar-refractivity contribution < 1.29 is 4.79 Å². The molecule has 3 aromatic rings. The molecule has 178 valence electrons. The lowest BCUT2D eigenvalue weighted by Crippen LogP contribution is -2.38. The Morgan fingerprint density at radius 2 is 1.97 bits per heavy atom. The summed E-state index contributed by atoms with van der Waals surface area (Å²) in [6.45, 7) is 4.88. The first-order valence-electron chi connectivity index (χ1n) is 11.6. The number of carbonyl (C=O) groups excluding carboxylic acids is 1. The number of hydrogen-bond acceptors (Lipinski definition) is 4. The van der Waals surface area contributed by atoms with Crippen LogP contribution in [-0.4, -0.2) is 44.8 Å². The molecular formula is C26H29ClN4OS2. The molecule has 0 spiro atoms. The summed E-state index contributed by atoms with van der Waals surface area (Å²) in [5.74, 6) is 0.705. The van der Waals surface area contributed by atoms with Crippen molar-refractivity contribution in [2.45, 2.75) is 37.6 Å². The van der Waals surface area contributed by atoms with Crippen LogP contribution in [-0.2, 0) is 4.79 Å². The number of piperidine rings is 1. The maximum atomic E-state index is 12.7. The fourth-order valence-electron chi connectivity index (χ4n) is 4.69. The fraction of sp³-hybridized carbons (Fsp3) is 0.346. The van der Waals surface area contributed by atoms with Crippen molar-refractivity contribution in [2.24, 2.45) is 5.92 Å². The van der Waals surface area contributed by atoms with E-state index in [0.29, 0.717) is 12.5 Å². The van der Waals surface area contributed by atoms with Crippen molar-refractivity contribution in [3.05, 3.63) is 70.4 Å². The highest BCUT2D eigenvalue weighted by molar-refractivity contribution is 8.04. The number of likely N-dealkylation sites (tertiary alicyclic amines) is 1. The number of aryl methyl sites for hydroxylation is 1. The van der Waals surface area contributed by atoms with Crippen molar-refractivity contribution >= 4 is 59.0 Å². The number of amides is 1. The lowest BCUT2D eigenvalue weighted by molar-refractivity contribution is -0.116. The number of halogens is 1. The van der Waals surface area contributed by atoms with Gasteiger partial charge < -0.3 is 10.2 Å². The molecule has 0 bridgehead atoms. The van der Waals surface area contributed by atoms with Crippen LogP contribution in [0.5, 0.6) is 0 Å².